The first kappa shape index (κ1) is 22.2. The summed E-state index contributed by atoms with van der Waals surface area (Å²) in [6.45, 7) is 4.62. The van der Waals surface area contributed by atoms with Crippen LogP contribution in [-0.2, 0) is 11.2 Å². The number of halogens is 1. The number of aryl methyl sites for hydroxylation is 1. The van der Waals surface area contributed by atoms with Gasteiger partial charge in [-0.25, -0.2) is 4.79 Å². The Bertz CT molecular complexity index is 753. The molecule has 2 aromatic carbocycles. The average molecular weight is 406 g/mol. The van der Waals surface area contributed by atoms with Crippen LogP contribution in [0.2, 0.25) is 0 Å². The predicted molar refractivity (Wildman–Crippen MR) is 111 cm³/mol. The molecule has 1 aliphatic rings. The van der Waals surface area contributed by atoms with Crippen molar-refractivity contribution in [1.82, 2.24) is 4.90 Å². The van der Waals surface area contributed by atoms with Crippen molar-refractivity contribution in [3.05, 3.63) is 65.2 Å². The summed E-state index contributed by atoms with van der Waals surface area (Å²) in [5.74, 6) is -0.263. The maximum absolute atomic E-state index is 12.0. The molecule has 3 rings (SSSR count). The van der Waals surface area contributed by atoms with Gasteiger partial charge in [-0.2, -0.15) is 0 Å². The first-order valence-electron chi connectivity index (χ1n) is 9.40. The second kappa shape index (κ2) is 9.92. The monoisotopic (exact) mass is 405 g/mol. The van der Waals surface area contributed by atoms with Crippen LogP contribution in [0.3, 0.4) is 0 Å². The molecular weight excluding hydrogens is 378 g/mol. The summed E-state index contributed by atoms with van der Waals surface area (Å²) in [4.78, 5) is 14.2. The van der Waals surface area contributed by atoms with Gasteiger partial charge in [0.15, 0.2) is 0 Å². The highest BCUT2D eigenvalue weighted by Gasteiger charge is 2.32. The first-order valence-corrected chi connectivity index (χ1v) is 9.40. The van der Waals surface area contributed by atoms with E-state index in [4.69, 9.17) is 4.74 Å². The molecule has 0 atom stereocenters. The molecule has 0 amide bonds. The highest BCUT2D eigenvalue weighted by molar-refractivity contribution is 5.89. The van der Waals surface area contributed by atoms with E-state index in [-0.39, 0.29) is 24.1 Å². The van der Waals surface area contributed by atoms with E-state index < -0.39 is 5.60 Å². The van der Waals surface area contributed by atoms with Crippen LogP contribution < -0.4 is 0 Å². The van der Waals surface area contributed by atoms with Gasteiger partial charge in [0, 0.05) is 26.1 Å². The van der Waals surface area contributed by atoms with Gasteiger partial charge in [-0.15, -0.1) is 12.4 Å². The number of nitrogens with zero attached hydrogens (tertiary/aromatic N) is 1. The van der Waals surface area contributed by atoms with Crippen molar-refractivity contribution in [3.63, 3.8) is 0 Å². The minimum atomic E-state index is -0.658. The zero-order chi connectivity index (χ0) is 19.3. The quantitative estimate of drug-likeness (QED) is 0.721. The number of carbonyl (C=O) groups excluding carboxylic acids is 1. The van der Waals surface area contributed by atoms with E-state index in [9.17, 15) is 15.0 Å². The molecule has 1 fully saturated rings. The molecule has 0 saturated carbocycles. The smallest absolute Gasteiger partial charge is 0.338 e. The average Bonchev–Trinajstić information content (AvgIpc) is 2.66. The number of phenols is 1. The Hall–Kier alpha value is -2.08. The lowest BCUT2D eigenvalue weighted by molar-refractivity contribution is -0.0249. The van der Waals surface area contributed by atoms with Crippen LogP contribution >= 0.6 is 12.4 Å². The Morgan fingerprint density at radius 2 is 1.68 bits per heavy atom. The van der Waals surface area contributed by atoms with Crippen molar-refractivity contribution >= 4 is 18.4 Å². The van der Waals surface area contributed by atoms with Gasteiger partial charge in [0.05, 0.1) is 11.2 Å². The summed E-state index contributed by atoms with van der Waals surface area (Å²) in [5.41, 5.74) is 2.16. The topological polar surface area (TPSA) is 70.0 Å². The molecule has 28 heavy (non-hydrogen) atoms. The van der Waals surface area contributed by atoms with Gasteiger partial charge < -0.3 is 14.9 Å². The fourth-order valence-corrected chi connectivity index (χ4v) is 3.40. The van der Waals surface area contributed by atoms with Gasteiger partial charge in [-0.3, -0.25) is 4.90 Å². The van der Waals surface area contributed by atoms with Gasteiger partial charge in [-0.1, -0.05) is 29.8 Å². The predicted octanol–water partition coefficient (Wildman–Crippen LogP) is 3.35. The van der Waals surface area contributed by atoms with E-state index in [0.717, 1.165) is 13.1 Å². The SMILES string of the molecule is Cc1ccc(CC2(O)CCN(CCOC(=O)c3ccc(O)cc3)CC2)cc1.Cl. The van der Waals surface area contributed by atoms with Crippen LogP contribution in [0.15, 0.2) is 48.5 Å². The molecule has 0 aromatic heterocycles. The Labute approximate surface area is 172 Å². The highest BCUT2D eigenvalue weighted by Crippen LogP contribution is 2.26. The van der Waals surface area contributed by atoms with Gasteiger partial charge in [0.2, 0.25) is 0 Å². The first-order chi connectivity index (χ1) is 12.9. The van der Waals surface area contributed by atoms with Crippen molar-refractivity contribution in [1.29, 1.82) is 0 Å². The summed E-state index contributed by atoms with van der Waals surface area (Å²) in [7, 11) is 0. The molecule has 0 radical (unpaired) electrons. The molecule has 1 saturated heterocycles. The second-order valence-corrected chi connectivity index (χ2v) is 7.41. The summed E-state index contributed by atoms with van der Waals surface area (Å²) >= 11 is 0. The van der Waals surface area contributed by atoms with Crippen LogP contribution in [0.4, 0.5) is 0 Å². The zero-order valence-electron chi connectivity index (χ0n) is 16.1. The lowest BCUT2D eigenvalue weighted by Gasteiger charge is -2.38. The van der Waals surface area contributed by atoms with Crippen LogP contribution in [0.1, 0.15) is 34.3 Å². The fraction of sp³-hybridized carbons (Fsp3) is 0.409. The van der Waals surface area contributed by atoms with Crippen molar-refractivity contribution < 1.29 is 19.7 Å². The molecular formula is C22H28ClNO4. The lowest BCUT2D eigenvalue weighted by Crippen LogP contribution is -2.46. The summed E-state index contributed by atoms with van der Waals surface area (Å²) in [6, 6.07) is 14.4. The summed E-state index contributed by atoms with van der Waals surface area (Å²) in [5, 5.41) is 20.1. The number of benzene rings is 2. The second-order valence-electron chi connectivity index (χ2n) is 7.41. The molecule has 1 heterocycles. The van der Waals surface area contributed by atoms with E-state index in [1.165, 1.54) is 23.3 Å². The number of esters is 1. The summed E-state index contributed by atoms with van der Waals surface area (Å²) in [6.07, 6.45) is 2.11. The number of hydrogen-bond donors (Lipinski definition) is 2. The number of rotatable bonds is 6. The molecule has 5 nitrogen and oxygen atoms in total. The maximum Gasteiger partial charge on any atom is 0.338 e. The third kappa shape index (κ3) is 6.23. The molecule has 152 valence electrons. The van der Waals surface area contributed by atoms with Gasteiger partial charge in [0.1, 0.15) is 12.4 Å². The van der Waals surface area contributed by atoms with Gasteiger partial charge in [0.25, 0.3) is 0 Å². The highest BCUT2D eigenvalue weighted by atomic mass is 35.5. The molecule has 0 spiro atoms. The Balaban J connectivity index is 0.00000280. The standard InChI is InChI=1S/C22H27NO4.ClH/c1-17-2-4-18(5-3-17)16-22(26)10-12-23(13-11-22)14-15-27-21(25)19-6-8-20(24)9-7-19;/h2-9,24,26H,10-16H2,1H3;1H. The Morgan fingerprint density at radius 3 is 2.29 bits per heavy atom. The number of phenolic OH excluding ortho intramolecular Hbond substituents is 1. The number of likely N-dealkylation sites (tertiary alicyclic amines) is 1. The normalized spacial score (nSPS) is 16.2. The van der Waals surface area contributed by atoms with Crippen molar-refractivity contribution in [2.45, 2.75) is 31.8 Å². The molecule has 1 aliphatic heterocycles. The molecule has 2 N–H and O–H groups in total. The molecule has 0 aliphatic carbocycles. The molecule has 0 bridgehead atoms. The van der Waals surface area contributed by atoms with Crippen molar-refractivity contribution in [2.24, 2.45) is 0 Å². The van der Waals surface area contributed by atoms with E-state index >= 15 is 0 Å². The fourth-order valence-electron chi connectivity index (χ4n) is 3.40. The van der Waals surface area contributed by atoms with Crippen molar-refractivity contribution in [2.75, 3.05) is 26.2 Å². The molecule has 0 unspecified atom stereocenters. The van der Waals surface area contributed by atoms with Crippen LogP contribution in [0, 0.1) is 6.92 Å². The number of aliphatic hydroxyl groups is 1. The maximum atomic E-state index is 12.0. The number of piperidine rings is 1. The Kier molecular flexibility index (Phi) is 7.87. The largest absolute Gasteiger partial charge is 0.508 e. The number of ether oxygens (including phenoxy) is 1. The van der Waals surface area contributed by atoms with E-state index in [1.54, 1.807) is 12.1 Å². The van der Waals surface area contributed by atoms with Crippen LogP contribution in [0.5, 0.6) is 5.75 Å². The van der Waals surface area contributed by atoms with E-state index in [1.807, 2.05) is 0 Å². The van der Waals surface area contributed by atoms with Gasteiger partial charge >= 0.3 is 5.97 Å². The van der Waals surface area contributed by atoms with Crippen LogP contribution in [-0.4, -0.2) is 52.9 Å². The van der Waals surface area contributed by atoms with E-state index in [0.29, 0.717) is 38.0 Å². The minimum Gasteiger partial charge on any atom is -0.508 e. The Morgan fingerprint density at radius 1 is 1.07 bits per heavy atom. The van der Waals surface area contributed by atoms with E-state index in [2.05, 4.69) is 36.1 Å². The van der Waals surface area contributed by atoms with Gasteiger partial charge in [-0.05, 0) is 49.6 Å². The summed E-state index contributed by atoms with van der Waals surface area (Å²) < 4.78 is 5.30. The number of carbonyl (C=O) groups is 1. The van der Waals surface area contributed by atoms with Crippen LogP contribution in [0.25, 0.3) is 0 Å². The zero-order valence-corrected chi connectivity index (χ0v) is 17.0. The molecule has 6 heteroatoms. The molecule has 2 aromatic rings. The minimum absolute atomic E-state index is 0. The third-order valence-corrected chi connectivity index (χ3v) is 5.18. The number of hydrogen-bond acceptors (Lipinski definition) is 5. The van der Waals surface area contributed by atoms with Crippen molar-refractivity contribution in [3.8, 4) is 5.75 Å². The lowest BCUT2D eigenvalue weighted by atomic mass is 9.85. The number of aromatic hydroxyl groups is 1. The third-order valence-electron chi connectivity index (χ3n) is 5.18.